The standard InChI is InChI=1S/C15H23ClN4O2.HI/c1-10-4-5-13(12(16)8-10)20-14(21)6-7-18-15(17)19-11(2)9-22-3;/h4-5,8,11H,6-7,9H2,1-3H3,(H,20,21)(H3,17,18,19);1H. The smallest absolute Gasteiger partial charge is 0.226 e. The molecule has 1 unspecified atom stereocenters. The number of hydrogen-bond donors (Lipinski definition) is 3. The Hall–Kier alpha value is -1.06. The number of aliphatic imine (C=N–C) groups is 1. The molecule has 0 bridgehead atoms. The fourth-order valence-corrected chi connectivity index (χ4v) is 2.08. The Kier molecular flexibility index (Phi) is 10.9. The number of nitrogens with two attached hydrogens (primary N) is 1. The van der Waals surface area contributed by atoms with Gasteiger partial charge in [-0.3, -0.25) is 9.79 Å². The molecule has 0 saturated carbocycles. The molecule has 1 atom stereocenters. The molecule has 0 fully saturated rings. The summed E-state index contributed by atoms with van der Waals surface area (Å²) in [6.45, 7) is 4.70. The van der Waals surface area contributed by atoms with E-state index in [0.717, 1.165) is 5.56 Å². The van der Waals surface area contributed by atoms with Gasteiger partial charge in [0.2, 0.25) is 5.91 Å². The normalized spacial score (nSPS) is 12.3. The topological polar surface area (TPSA) is 88.7 Å². The summed E-state index contributed by atoms with van der Waals surface area (Å²) in [6.07, 6.45) is 0.227. The molecule has 1 amide bonds. The molecule has 23 heavy (non-hydrogen) atoms. The lowest BCUT2D eigenvalue weighted by atomic mass is 10.2. The van der Waals surface area contributed by atoms with Crippen LogP contribution in [-0.4, -0.2) is 38.2 Å². The second kappa shape index (κ2) is 11.5. The maximum absolute atomic E-state index is 11.8. The average Bonchev–Trinajstić information content (AvgIpc) is 2.42. The summed E-state index contributed by atoms with van der Waals surface area (Å²) in [6, 6.07) is 5.53. The highest BCUT2D eigenvalue weighted by Crippen LogP contribution is 2.22. The number of amides is 1. The predicted octanol–water partition coefficient (Wildman–Crippen LogP) is 2.53. The first kappa shape index (κ1) is 21.9. The molecule has 8 heteroatoms. The minimum absolute atomic E-state index is 0. The Balaban J connectivity index is 0.00000484. The first-order valence-corrected chi connectivity index (χ1v) is 7.41. The summed E-state index contributed by atoms with van der Waals surface area (Å²) in [7, 11) is 1.62. The number of benzene rings is 1. The lowest BCUT2D eigenvalue weighted by Gasteiger charge is -2.13. The Morgan fingerprint density at radius 2 is 2.17 bits per heavy atom. The molecule has 1 aromatic carbocycles. The van der Waals surface area contributed by atoms with Crippen LogP contribution in [0.4, 0.5) is 5.69 Å². The predicted molar refractivity (Wildman–Crippen MR) is 106 cm³/mol. The van der Waals surface area contributed by atoms with Crippen molar-refractivity contribution >= 4 is 53.1 Å². The van der Waals surface area contributed by atoms with E-state index < -0.39 is 0 Å². The fourth-order valence-electron chi connectivity index (χ4n) is 1.80. The first-order valence-electron chi connectivity index (χ1n) is 7.03. The van der Waals surface area contributed by atoms with E-state index in [1.165, 1.54) is 0 Å². The van der Waals surface area contributed by atoms with Gasteiger partial charge in [-0.15, -0.1) is 24.0 Å². The first-order chi connectivity index (χ1) is 10.4. The number of anilines is 1. The molecule has 0 heterocycles. The third-order valence-electron chi connectivity index (χ3n) is 2.83. The van der Waals surface area contributed by atoms with Gasteiger partial charge in [0.15, 0.2) is 5.96 Å². The molecular weight excluding hydrogens is 431 g/mol. The number of rotatable bonds is 7. The Bertz CT molecular complexity index is 540. The van der Waals surface area contributed by atoms with E-state index in [4.69, 9.17) is 22.1 Å². The fraction of sp³-hybridized carbons (Fsp3) is 0.467. The van der Waals surface area contributed by atoms with Crippen LogP contribution in [0.5, 0.6) is 0 Å². The van der Waals surface area contributed by atoms with Gasteiger partial charge in [0.1, 0.15) is 0 Å². The summed E-state index contributed by atoms with van der Waals surface area (Å²) >= 11 is 6.06. The summed E-state index contributed by atoms with van der Waals surface area (Å²) < 4.78 is 4.98. The molecular formula is C15H24ClIN4O2. The zero-order valence-corrected chi connectivity index (χ0v) is 16.6. The molecule has 6 nitrogen and oxygen atoms in total. The number of carbonyl (C=O) groups is 1. The Morgan fingerprint density at radius 3 is 2.78 bits per heavy atom. The number of carbonyl (C=O) groups excluding carboxylic acids is 1. The van der Waals surface area contributed by atoms with E-state index in [-0.39, 0.29) is 42.3 Å². The summed E-state index contributed by atoms with van der Waals surface area (Å²) in [5, 5.41) is 6.24. The van der Waals surface area contributed by atoms with Crippen molar-refractivity contribution in [2.75, 3.05) is 25.6 Å². The van der Waals surface area contributed by atoms with E-state index in [9.17, 15) is 4.79 Å². The molecule has 0 radical (unpaired) electrons. The number of halogens is 2. The number of hydrogen-bond acceptors (Lipinski definition) is 3. The number of nitrogens with zero attached hydrogens (tertiary/aromatic N) is 1. The van der Waals surface area contributed by atoms with E-state index in [1.54, 1.807) is 19.2 Å². The van der Waals surface area contributed by atoms with Crippen LogP contribution in [-0.2, 0) is 9.53 Å². The van der Waals surface area contributed by atoms with E-state index >= 15 is 0 Å². The van der Waals surface area contributed by atoms with Crippen molar-refractivity contribution in [3.63, 3.8) is 0 Å². The number of ether oxygens (including phenoxy) is 1. The third-order valence-corrected chi connectivity index (χ3v) is 3.14. The molecule has 0 aromatic heterocycles. The van der Waals surface area contributed by atoms with Crippen molar-refractivity contribution < 1.29 is 9.53 Å². The van der Waals surface area contributed by atoms with Gasteiger partial charge in [0.05, 0.1) is 23.9 Å². The van der Waals surface area contributed by atoms with E-state index in [1.807, 2.05) is 19.9 Å². The molecule has 0 aliphatic carbocycles. The third kappa shape index (κ3) is 8.97. The molecule has 4 N–H and O–H groups in total. The lowest BCUT2D eigenvalue weighted by molar-refractivity contribution is -0.116. The van der Waals surface area contributed by atoms with Crippen LogP contribution in [0.2, 0.25) is 5.02 Å². The Labute approximate surface area is 159 Å². The molecule has 0 aliphatic rings. The number of aryl methyl sites for hydroxylation is 1. The molecule has 1 rings (SSSR count). The number of nitrogens with one attached hydrogen (secondary N) is 2. The van der Waals surface area contributed by atoms with Crippen molar-refractivity contribution in [3.05, 3.63) is 28.8 Å². The van der Waals surface area contributed by atoms with Gasteiger partial charge >= 0.3 is 0 Å². The maximum atomic E-state index is 11.8. The van der Waals surface area contributed by atoms with E-state index in [2.05, 4.69) is 15.6 Å². The highest BCUT2D eigenvalue weighted by Gasteiger charge is 2.06. The van der Waals surface area contributed by atoms with Gasteiger partial charge in [-0.1, -0.05) is 17.7 Å². The summed E-state index contributed by atoms with van der Waals surface area (Å²) in [5.74, 6) is 0.137. The SMILES string of the molecule is COCC(C)NC(N)=NCCC(=O)Nc1ccc(C)cc1Cl.I. The Morgan fingerprint density at radius 1 is 1.48 bits per heavy atom. The summed E-state index contributed by atoms with van der Waals surface area (Å²) in [5.41, 5.74) is 7.35. The lowest BCUT2D eigenvalue weighted by Crippen LogP contribution is -2.40. The highest BCUT2D eigenvalue weighted by atomic mass is 127. The van der Waals surface area contributed by atoms with Crippen molar-refractivity contribution in [1.82, 2.24) is 5.32 Å². The van der Waals surface area contributed by atoms with Gasteiger partial charge < -0.3 is 21.1 Å². The second-order valence-corrected chi connectivity index (χ2v) is 5.46. The van der Waals surface area contributed by atoms with Gasteiger partial charge in [-0.2, -0.15) is 0 Å². The largest absolute Gasteiger partial charge is 0.383 e. The molecule has 130 valence electrons. The van der Waals surface area contributed by atoms with Crippen LogP contribution >= 0.6 is 35.6 Å². The second-order valence-electron chi connectivity index (χ2n) is 5.05. The average molecular weight is 455 g/mol. The highest BCUT2D eigenvalue weighted by molar-refractivity contribution is 14.0. The van der Waals surface area contributed by atoms with Crippen LogP contribution in [0.3, 0.4) is 0 Å². The summed E-state index contributed by atoms with van der Waals surface area (Å²) in [4.78, 5) is 15.9. The number of guanidine groups is 1. The van der Waals surface area contributed by atoms with Crippen LogP contribution in [0.1, 0.15) is 18.9 Å². The van der Waals surface area contributed by atoms with Gasteiger partial charge in [0, 0.05) is 19.6 Å². The minimum atomic E-state index is -0.160. The molecule has 0 saturated heterocycles. The van der Waals surface area contributed by atoms with Crippen molar-refractivity contribution in [1.29, 1.82) is 0 Å². The zero-order valence-electron chi connectivity index (χ0n) is 13.6. The zero-order chi connectivity index (χ0) is 16.5. The van der Waals surface area contributed by atoms with Crippen molar-refractivity contribution in [2.24, 2.45) is 10.7 Å². The van der Waals surface area contributed by atoms with Crippen LogP contribution < -0.4 is 16.4 Å². The molecule has 0 aliphatic heterocycles. The van der Waals surface area contributed by atoms with Crippen molar-refractivity contribution in [3.8, 4) is 0 Å². The number of methoxy groups -OCH3 is 1. The maximum Gasteiger partial charge on any atom is 0.226 e. The van der Waals surface area contributed by atoms with Crippen LogP contribution in [0.15, 0.2) is 23.2 Å². The van der Waals surface area contributed by atoms with Gasteiger partial charge in [-0.25, -0.2) is 0 Å². The minimum Gasteiger partial charge on any atom is -0.383 e. The quantitative estimate of drug-likeness (QED) is 0.336. The molecule has 1 aromatic rings. The monoisotopic (exact) mass is 454 g/mol. The van der Waals surface area contributed by atoms with Crippen LogP contribution in [0, 0.1) is 6.92 Å². The van der Waals surface area contributed by atoms with E-state index in [0.29, 0.717) is 29.8 Å². The van der Waals surface area contributed by atoms with Gasteiger partial charge in [-0.05, 0) is 31.5 Å². The van der Waals surface area contributed by atoms with Gasteiger partial charge in [0.25, 0.3) is 0 Å². The van der Waals surface area contributed by atoms with Crippen LogP contribution in [0.25, 0.3) is 0 Å². The molecule has 0 spiro atoms. The van der Waals surface area contributed by atoms with Crippen molar-refractivity contribution in [2.45, 2.75) is 26.3 Å².